The van der Waals surface area contributed by atoms with Crippen LogP contribution in [0.1, 0.15) is 23.3 Å². The lowest BCUT2D eigenvalue weighted by Gasteiger charge is -2.36. The Labute approximate surface area is 113 Å². The average molecular weight is 278 g/mol. The summed E-state index contributed by atoms with van der Waals surface area (Å²) in [6.45, 7) is 0.732. The number of nitrogen functional groups attached to an aromatic ring is 1. The quantitative estimate of drug-likeness (QED) is 0.479. The highest BCUT2D eigenvalue weighted by molar-refractivity contribution is 6.07. The number of likely N-dealkylation sites (tertiary alicyclic amines) is 1. The highest BCUT2D eigenvalue weighted by Gasteiger charge is 2.48. The van der Waals surface area contributed by atoms with Crippen LogP contribution < -0.4 is 16.4 Å². The van der Waals surface area contributed by atoms with Gasteiger partial charge in [0.25, 0.3) is 11.8 Å². The summed E-state index contributed by atoms with van der Waals surface area (Å²) in [4.78, 5) is 36.8. The van der Waals surface area contributed by atoms with E-state index >= 15 is 0 Å². The first-order valence-electron chi connectivity index (χ1n) is 6.23. The van der Waals surface area contributed by atoms with E-state index in [2.05, 4.69) is 20.8 Å². The third-order valence-electron chi connectivity index (χ3n) is 3.80. The van der Waals surface area contributed by atoms with Crippen molar-refractivity contribution in [3.63, 3.8) is 0 Å². The van der Waals surface area contributed by atoms with Crippen LogP contribution in [0.3, 0.4) is 0 Å². The van der Waals surface area contributed by atoms with Crippen LogP contribution in [0, 0.1) is 0 Å². The molecular formula is C11H14N6O3. The number of H-pyrrole nitrogens is 1. The summed E-state index contributed by atoms with van der Waals surface area (Å²) in [6, 6.07) is -0.479. The van der Waals surface area contributed by atoms with Crippen LogP contribution in [0.5, 0.6) is 0 Å². The second kappa shape index (κ2) is 4.22. The van der Waals surface area contributed by atoms with E-state index in [0.29, 0.717) is 31.6 Å². The van der Waals surface area contributed by atoms with Gasteiger partial charge in [-0.2, -0.15) is 5.10 Å². The molecule has 3 rings (SSSR count). The van der Waals surface area contributed by atoms with E-state index < -0.39 is 11.6 Å². The lowest BCUT2D eigenvalue weighted by atomic mass is 9.87. The molecule has 1 aromatic heterocycles. The molecule has 20 heavy (non-hydrogen) atoms. The molecule has 3 heterocycles. The number of aromatic nitrogens is 2. The maximum atomic E-state index is 12.2. The van der Waals surface area contributed by atoms with E-state index in [9.17, 15) is 14.4 Å². The molecule has 0 radical (unpaired) electrons. The Bertz CT molecular complexity index is 587. The van der Waals surface area contributed by atoms with Crippen LogP contribution in [0.2, 0.25) is 0 Å². The minimum absolute atomic E-state index is 0.250. The maximum Gasteiger partial charge on any atom is 0.322 e. The second-order valence-electron chi connectivity index (χ2n) is 4.98. The lowest BCUT2D eigenvalue weighted by Crippen LogP contribution is -2.55. The first kappa shape index (κ1) is 12.5. The molecule has 2 fully saturated rings. The zero-order valence-corrected chi connectivity index (χ0v) is 10.6. The molecule has 0 aromatic carbocycles. The smallest absolute Gasteiger partial charge is 0.322 e. The Hall–Kier alpha value is -2.58. The summed E-state index contributed by atoms with van der Waals surface area (Å²) in [5.74, 6) is -0.574. The topological polar surface area (TPSA) is 133 Å². The number of carbonyl (C=O) groups is 3. The lowest BCUT2D eigenvalue weighted by molar-refractivity contribution is -0.125. The number of nitrogens with zero attached hydrogens (tertiary/aromatic N) is 2. The van der Waals surface area contributed by atoms with Crippen LogP contribution in [-0.2, 0) is 4.79 Å². The summed E-state index contributed by atoms with van der Waals surface area (Å²) in [5.41, 5.74) is 5.30. The van der Waals surface area contributed by atoms with E-state index in [1.54, 1.807) is 4.90 Å². The molecule has 9 heteroatoms. The zero-order valence-electron chi connectivity index (χ0n) is 10.6. The number of rotatable bonds is 1. The number of nitrogens with one attached hydrogen (secondary N) is 3. The molecule has 1 spiro atoms. The first-order valence-corrected chi connectivity index (χ1v) is 6.23. The van der Waals surface area contributed by atoms with Gasteiger partial charge in [0.05, 0.1) is 11.9 Å². The molecule has 0 aliphatic carbocycles. The van der Waals surface area contributed by atoms with Crippen LogP contribution >= 0.6 is 0 Å². The fourth-order valence-electron chi connectivity index (χ4n) is 2.60. The summed E-state index contributed by atoms with van der Waals surface area (Å²) in [7, 11) is 0. The van der Waals surface area contributed by atoms with Crippen molar-refractivity contribution in [3.05, 3.63) is 11.9 Å². The van der Waals surface area contributed by atoms with Crippen LogP contribution in [0.4, 0.5) is 10.5 Å². The fraction of sp³-hybridized carbons (Fsp3) is 0.455. The molecule has 0 atom stereocenters. The SMILES string of the molecule is Nc1cn[nH]c1C(=O)N1CCC2(CC1)NC(=O)NC2=O. The van der Waals surface area contributed by atoms with E-state index in [1.807, 2.05) is 0 Å². The third kappa shape index (κ3) is 1.78. The molecule has 2 saturated heterocycles. The van der Waals surface area contributed by atoms with Gasteiger partial charge in [0.2, 0.25) is 0 Å². The Kier molecular flexibility index (Phi) is 2.63. The number of carbonyl (C=O) groups excluding carboxylic acids is 3. The first-order chi connectivity index (χ1) is 9.52. The Balaban J connectivity index is 1.70. The van der Waals surface area contributed by atoms with Gasteiger partial charge in [-0.05, 0) is 12.8 Å². The van der Waals surface area contributed by atoms with E-state index in [-0.39, 0.29) is 17.5 Å². The Morgan fingerprint density at radius 3 is 2.55 bits per heavy atom. The van der Waals surface area contributed by atoms with E-state index in [4.69, 9.17) is 5.73 Å². The predicted molar refractivity (Wildman–Crippen MR) is 67.5 cm³/mol. The molecule has 106 valence electrons. The number of hydrogen-bond donors (Lipinski definition) is 4. The van der Waals surface area contributed by atoms with Gasteiger partial charge >= 0.3 is 6.03 Å². The fourth-order valence-corrected chi connectivity index (χ4v) is 2.60. The summed E-state index contributed by atoms with van der Waals surface area (Å²) in [5, 5.41) is 11.1. The van der Waals surface area contributed by atoms with Crippen LogP contribution in [0.25, 0.3) is 0 Å². The molecule has 5 N–H and O–H groups in total. The van der Waals surface area contributed by atoms with E-state index in [1.165, 1.54) is 6.20 Å². The van der Waals surface area contributed by atoms with Crippen molar-refractivity contribution in [2.45, 2.75) is 18.4 Å². The Morgan fingerprint density at radius 2 is 2.05 bits per heavy atom. The van der Waals surface area contributed by atoms with Crippen molar-refractivity contribution in [1.82, 2.24) is 25.7 Å². The van der Waals surface area contributed by atoms with Crippen molar-refractivity contribution in [3.8, 4) is 0 Å². The molecule has 0 saturated carbocycles. The van der Waals surface area contributed by atoms with Crippen molar-refractivity contribution in [1.29, 1.82) is 0 Å². The largest absolute Gasteiger partial charge is 0.396 e. The molecule has 4 amide bonds. The number of imide groups is 1. The molecule has 2 aliphatic rings. The predicted octanol–water partition coefficient (Wildman–Crippen LogP) is -1.19. The number of hydrogen-bond acceptors (Lipinski definition) is 5. The number of aromatic amines is 1. The molecule has 0 unspecified atom stereocenters. The van der Waals surface area contributed by atoms with Crippen molar-refractivity contribution in [2.75, 3.05) is 18.8 Å². The molecular weight excluding hydrogens is 264 g/mol. The normalized spacial score (nSPS) is 20.9. The van der Waals surface area contributed by atoms with Gasteiger partial charge < -0.3 is 16.0 Å². The van der Waals surface area contributed by atoms with Crippen LogP contribution in [-0.4, -0.2) is 51.6 Å². The molecule has 9 nitrogen and oxygen atoms in total. The van der Waals surface area contributed by atoms with Gasteiger partial charge in [0, 0.05) is 13.1 Å². The van der Waals surface area contributed by atoms with Gasteiger partial charge in [0.15, 0.2) is 0 Å². The number of anilines is 1. The zero-order chi connectivity index (χ0) is 14.3. The van der Waals surface area contributed by atoms with Crippen molar-refractivity contribution < 1.29 is 14.4 Å². The van der Waals surface area contributed by atoms with E-state index in [0.717, 1.165) is 0 Å². The monoisotopic (exact) mass is 278 g/mol. The number of nitrogens with two attached hydrogens (primary N) is 1. The molecule has 0 bridgehead atoms. The van der Waals surface area contributed by atoms with Gasteiger partial charge in [-0.1, -0.05) is 0 Å². The van der Waals surface area contributed by atoms with Gasteiger partial charge in [0.1, 0.15) is 11.2 Å². The summed E-state index contributed by atoms with van der Waals surface area (Å²) < 4.78 is 0. The standard InChI is InChI=1S/C11H14N6O3/c12-6-5-13-16-7(6)8(18)17-3-1-11(2-4-17)9(19)14-10(20)15-11/h5H,1-4,12H2,(H,13,16)(H2,14,15,19,20). The maximum absolute atomic E-state index is 12.2. The van der Waals surface area contributed by atoms with Gasteiger partial charge in [-0.15, -0.1) is 0 Å². The van der Waals surface area contributed by atoms with Gasteiger partial charge in [-0.25, -0.2) is 4.79 Å². The van der Waals surface area contributed by atoms with Crippen molar-refractivity contribution >= 4 is 23.5 Å². The molecule has 2 aliphatic heterocycles. The molecule has 1 aromatic rings. The minimum atomic E-state index is -0.882. The number of urea groups is 1. The second-order valence-corrected chi connectivity index (χ2v) is 4.98. The third-order valence-corrected chi connectivity index (χ3v) is 3.80. The summed E-state index contributed by atoms with van der Waals surface area (Å²) >= 11 is 0. The van der Waals surface area contributed by atoms with Crippen molar-refractivity contribution in [2.24, 2.45) is 0 Å². The van der Waals surface area contributed by atoms with Crippen LogP contribution in [0.15, 0.2) is 6.20 Å². The Morgan fingerprint density at radius 1 is 1.35 bits per heavy atom. The highest BCUT2D eigenvalue weighted by atomic mass is 16.2. The average Bonchev–Trinajstić information content (AvgIpc) is 2.95. The number of amides is 4. The number of piperidine rings is 1. The summed E-state index contributed by atoms with van der Waals surface area (Å²) in [6.07, 6.45) is 2.14. The highest BCUT2D eigenvalue weighted by Crippen LogP contribution is 2.26. The minimum Gasteiger partial charge on any atom is -0.396 e. The van der Waals surface area contributed by atoms with Gasteiger partial charge in [-0.3, -0.25) is 20.0 Å².